The first-order chi connectivity index (χ1) is 7.17. The Morgan fingerprint density at radius 1 is 1.44 bits per heavy atom. The van der Waals surface area contributed by atoms with Crippen molar-refractivity contribution in [3.8, 4) is 0 Å². The molecule has 0 fully saturated rings. The van der Waals surface area contributed by atoms with E-state index in [0.29, 0.717) is 0 Å². The smallest absolute Gasteiger partial charge is 0.408 e. The first-order valence-electron chi connectivity index (χ1n) is 4.63. The third-order valence-electron chi connectivity index (χ3n) is 1.48. The highest BCUT2D eigenvalue weighted by Gasteiger charge is 2.29. The minimum Gasteiger partial charge on any atom is -0.480 e. The lowest BCUT2D eigenvalue weighted by atomic mass is 10.2. The summed E-state index contributed by atoms with van der Waals surface area (Å²) in [5, 5.41) is 20.0. The van der Waals surface area contributed by atoms with Gasteiger partial charge in [0, 0.05) is 0 Å². The minimum atomic E-state index is -1.48. The summed E-state index contributed by atoms with van der Waals surface area (Å²) < 4.78 is 4.85. The van der Waals surface area contributed by atoms with Gasteiger partial charge in [-0.25, -0.2) is 9.59 Å². The van der Waals surface area contributed by atoms with E-state index in [2.05, 4.69) is 0 Å². The number of aliphatic carboxylic acids is 1. The zero-order valence-electron chi connectivity index (χ0n) is 9.36. The van der Waals surface area contributed by atoms with Gasteiger partial charge in [0.25, 0.3) is 0 Å². The SMILES string of the molecule is CC(C)(C)OC(=O)N[C@H](C(=O)O)[C@H](O)CCl. The van der Waals surface area contributed by atoms with Gasteiger partial charge in [0.1, 0.15) is 5.60 Å². The van der Waals surface area contributed by atoms with Crippen LogP contribution in [0.1, 0.15) is 20.8 Å². The average molecular weight is 254 g/mol. The van der Waals surface area contributed by atoms with Gasteiger partial charge in [0.05, 0.1) is 12.0 Å². The lowest BCUT2D eigenvalue weighted by Gasteiger charge is -2.23. The number of rotatable bonds is 4. The number of hydrogen-bond donors (Lipinski definition) is 3. The van der Waals surface area contributed by atoms with Crippen molar-refractivity contribution in [2.24, 2.45) is 0 Å². The largest absolute Gasteiger partial charge is 0.480 e. The molecule has 1 amide bonds. The summed E-state index contributed by atoms with van der Waals surface area (Å²) in [5.74, 6) is -1.67. The van der Waals surface area contributed by atoms with Crippen LogP contribution in [0.25, 0.3) is 0 Å². The third kappa shape index (κ3) is 5.77. The molecule has 0 aliphatic carbocycles. The molecule has 0 saturated carbocycles. The highest BCUT2D eigenvalue weighted by Crippen LogP contribution is 2.07. The number of ether oxygens (including phenoxy) is 1. The number of aliphatic hydroxyl groups is 1. The van der Waals surface area contributed by atoms with Crippen LogP contribution >= 0.6 is 11.6 Å². The van der Waals surface area contributed by atoms with Crippen LogP contribution in [0, 0.1) is 0 Å². The van der Waals surface area contributed by atoms with E-state index in [0.717, 1.165) is 0 Å². The first-order valence-corrected chi connectivity index (χ1v) is 5.17. The number of nitrogens with one attached hydrogen (secondary N) is 1. The second kappa shape index (κ2) is 5.91. The van der Waals surface area contributed by atoms with Gasteiger partial charge in [-0.1, -0.05) is 0 Å². The molecule has 0 aliphatic rings. The Morgan fingerprint density at radius 2 is 1.94 bits per heavy atom. The fourth-order valence-corrected chi connectivity index (χ4v) is 1.02. The molecule has 0 saturated heterocycles. The Balaban J connectivity index is 4.42. The van der Waals surface area contributed by atoms with Crippen LogP contribution < -0.4 is 5.32 Å². The maximum absolute atomic E-state index is 11.2. The van der Waals surface area contributed by atoms with Crippen molar-refractivity contribution in [1.82, 2.24) is 5.32 Å². The molecule has 6 nitrogen and oxygen atoms in total. The lowest BCUT2D eigenvalue weighted by molar-refractivity contribution is -0.142. The molecule has 0 bridgehead atoms. The van der Waals surface area contributed by atoms with E-state index in [1.807, 2.05) is 5.32 Å². The Labute approximate surface area is 98.5 Å². The molecular formula is C9H16ClNO5. The summed E-state index contributed by atoms with van der Waals surface area (Å²) in [5.41, 5.74) is -0.737. The molecule has 94 valence electrons. The summed E-state index contributed by atoms with van der Waals surface area (Å²) >= 11 is 5.30. The fourth-order valence-electron chi connectivity index (χ4n) is 0.846. The number of carboxylic acids is 1. The van der Waals surface area contributed by atoms with Crippen molar-refractivity contribution < 1.29 is 24.5 Å². The average Bonchev–Trinajstić information content (AvgIpc) is 2.09. The van der Waals surface area contributed by atoms with Crippen LogP contribution in [0.2, 0.25) is 0 Å². The number of carbonyl (C=O) groups is 2. The van der Waals surface area contributed by atoms with Gasteiger partial charge in [0.15, 0.2) is 6.04 Å². The van der Waals surface area contributed by atoms with Gasteiger partial charge in [-0.05, 0) is 20.8 Å². The zero-order valence-corrected chi connectivity index (χ0v) is 10.1. The molecule has 0 heterocycles. The second-order valence-corrected chi connectivity index (χ2v) is 4.49. The predicted molar refractivity (Wildman–Crippen MR) is 57.5 cm³/mol. The molecule has 0 aliphatic heterocycles. The Kier molecular flexibility index (Phi) is 5.53. The summed E-state index contributed by atoms with van der Waals surface area (Å²) in [6, 6.07) is -1.48. The quantitative estimate of drug-likeness (QED) is 0.637. The molecule has 16 heavy (non-hydrogen) atoms. The van der Waals surface area contributed by atoms with Crippen LogP contribution in [-0.4, -0.2) is 45.9 Å². The van der Waals surface area contributed by atoms with Gasteiger partial charge >= 0.3 is 12.1 Å². The van der Waals surface area contributed by atoms with Crippen LogP contribution in [0.15, 0.2) is 0 Å². The van der Waals surface area contributed by atoms with Crippen LogP contribution in [0.3, 0.4) is 0 Å². The molecular weight excluding hydrogens is 238 g/mol. The van der Waals surface area contributed by atoms with Gasteiger partial charge in [-0.3, -0.25) is 0 Å². The van der Waals surface area contributed by atoms with Gasteiger partial charge in [-0.15, -0.1) is 11.6 Å². The Morgan fingerprint density at radius 3 is 2.25 bits per heavy atom. The van der Waals surface area contributed by atoms with E-state index in [1.54, 1.807) is 20.8 Å². The van der Waals surface area contributed by atoms with Crippen molar-refractivity contribution in [3.63, 3.8) is 0 Å². The van der Waals surface area contributed by atoms with Gasteiger partial charge in [-0.2, -0.15) is 0 Å². The van der Waals surface area contributed by atoms with E-state index < -0.39 is 29.8 Å². The molecule has 0 aromatic carbocycles. The van der Waals surface area contributed by atoms with Crippen LogP contribution in [0.5, 0.6) is 0 Å². The molecule has 0 aromatic heterocycles. The van der Waals surface area contributed by atoms with E-state index in [1.165, 1.54) is 0 Å². The van der Waals surface area contributed by atoms with E-state index in [-0.39, 0.29) is 5.88 Å². The third-order valence-corrected chi connectivity index (χ3v) is 1.80. The van der Waals surface area contributed by atoms with Crippen molar-refractivity contribution >= 4 is 23.7 Å². The summed E-state index contributed by atoms with van der Waals surface area (Å²) in [6.07, 6.45) is -2.28. The number of alkyl carbamates (subject to hydrolysis) is 1. The molecule has 0 aromatic rings. The molecule has 2 atom stereocenters. The van der Waals surface area contributed by atoms with E-state index >= 15 is 0 Å². The maximum atomic E-state index is 11.2. The maximum Gasteiger partial charge on any atom is 0.408 e. The summed E-state index contributed by atoms with van der Waals surface area (Å²) in [7, 11) is 0. The second-order valence-electron chi connectivity index (χ2n) is 4.18. The van der Waals surface area contributed by atoms with Gasteiger partial charge in [0.2, 0.25) is 0 Å². The van der Waals surface area contributed by atoms with E-state index in [4.69, 9.17) is 21.4 Å². The molecule has 0 spiro atoms. The van der Waals surface area contributed by atoms with Crippen molar-refractivity contribution in [3.05, 3.63) is 0 Å². The Hall–Kier alpha value is -1.01. The van der Waals surface area contributed by atoms with Crippen LogP contribution in [0.4, 0.5) is 4.79 Å². The number of carbonyl (C=O) groups excluding carboxylic acids is 1. The fraction of sp³-hybridized carbons (Fsp3) is 0.778. The number of alkyl halides is 1. The highest BCUT2D eigenvalue weighted by atomic mass is 35.5. The topological polar surface area (TPSA) is 95.9 Å². The molecule has 0 unspecified atom stereocenters. The molecule has 7 heteroatoms. The number of hydrogen-bond acceptors (Lipinski definition) is 4. The number of aliphatic hydroxyl groups excluding tert-OH is 1. The standard InChI is InChI=1S/C9H16ClNO5/c1-9(2,3)16-8(15)11-6(7(13)14)5(12)4-10/h5-6,12H,4H2,1-3H3,(H,11,15)(H,13,14)/t5-,6+/m1/s1. The minimum absolute atomic E-state index is 0.299. The molecule has 0 rings (SSSR count). The van der Waals surface area contributed by atoms with Crippen LogP contribution in [-0.2, 0) is 9.53 Å². The van der Waals surface area contributed by atoms with Crippen molar-refractivity contribution in [2.75, 3.05) is 5.88 Å². The monoisotopic (exact) mass is 253 g/mol. The van der Waals surface area contributed by atoms with E-state index in [9.17, 15) is 14.7 Å². The first kappa shape index (κ1) is 15.0. The lowest BCUT2D eigenvalue weighted by Crippen LogP contribution is -2.50. The predicted octanol–water partition coefficient (Wildman–Crippen LogP) is 0.564. The number of carboxylic acid groups (broad SMARTS) is 1. The zero-order chi connectivity index (χ0) is 12.9. The van der Waals surface area contributed by atoms with Crippen molar-refractivity contribution in [1.29, 1.82) is 0 Å². The van der Waals surface area contributed by atoms with Gasteiger partial charge < -0.3 is 20.3 Å². The highest BCUT2D eigenvalue weighted by molar-refractivity contribution is 6.18. The van der Waals surface area contributed by atoms with Crippen molar-refractivity contribution in [2.45, 2.75) is 38.5 Å². The molecule has 3 N–H and O–H groups in total. The summed E-state index contributed by atoms with van der Waals surface area (Å²) in [4.78, 5) is 22.0. The Bertz CT molecular complexity index is 263. The molecule has 0 radical (unpaired) electrons. The number of amides is 1. The summed E-state index contributed by atoms with van der Waals surface area (Å²) in [6.45, 7) is 4.92. The normalized spacial score (nSPS) is 15.1. The number of halogens is 1.